The molecule has 0 saturated carbocycles. The van der Waals surface area contributed by atoms with Crippen molar-refractivity contribution in [2.75, 3.05) is 0 Å². The van der Waals surface area contributed by atoms with Crippen LogP contribution in [0, 0.1) is 37.7 Å². The molecule has 0 amide bonds. The molecule has 5 nitrogen and oxygen atoms in total. The van der Waals surface area contributed by atoms with Gasteiger partial charge in [0.05, 0.1) is 0 Å². The van der Waals surface area contributed by atoms with Crippen molar-refractivity contribution in [2.45, 2.75) is 21.3 Å². The molecule has 0 spiro atoms. The normalized spacial score (nSPS) is 1.50. The second-order valence-electron chi connectivity index (χ2n) is 0.0833. The van der Waals surface area contributed by atoms with E-state index < -0.39 is 0 Å². The first-order chi connectivity index (χ1) is 3.41. The molecule has 0 saturated heterocycles. The third-order valence-corrected chi connectivity index (χ3v) is 0. The quantitative estimate of drug-likeness (QED) is 0.583. The summed E-state index contributed by atoms with van der Waals surface area (Å²) in [6, 6.07) is 0. The standard InChI is InChI=1S/C2H6.C2H4.CO2.CH4.Ar.2H3N.H2O/c2*1-2;2-1-3;;;;;/h1-2H3;1-2H2;;1H4;;2*1H3;1H2. The van der Waals surface area contributed by atoms with Crippen LogP contribution < -0.4 is 12.3 Å². The number of hydrogen-bond donors (Lipinski definition) is 2. The van der Waals surface area contributed by atoms with Crippen molar-refractivity contribution in [3.05, 3.63) is 13.2 Å². The summed E-state index contributed by atoms with van der Waals surface area (Å²) in [5.41, 5.74) is 0. The Labute approximate surface area is 105 Å². The fourth-order valence-corrected chi connectivity index (χ4v) is 0. The predicted octanol–water partition coefficient (Wildman–Crippen LogP) is 1.38. The molecule has 82 valence electrons. The van der Waals surface area contributed by atoms with Crippen molar-refractivity contribution in [2.24, 2.45) is 0 Å². The first kappa shape index (κ1) is 85.7. The maximum Gasteiger partial charge on any atom is 0.373 e. The van der Waals surface area contributed by atoms with E-state index in [0.717, 1.165) is 0 Å². The van der Waals surface area contributed by atoms with Crippen molar-refractivity contribution < 1.29 is 52.8 Å². The van der Waals surface area contributed by atoms with Crippen LogP contribution in [0.5, 0.6) is 0 Å². The van der Waals surface area contributed by atoms with E-state index in [1.165, 1.54) is 0 Å². The molecule has 0 radical (unpaired) electrons. The molecule has 0 unspecified atom stereocenters. The molecule has 0 heterocycles. The number of rotatable bonds is 0. The smallest absolute Gasteiger partial charge is 0.373 e. The molecule has 6 heteroatoms. The van der Waals surface area contributed by atoms with Crippen molar-refractivity contribution >= 4 is 6.15 Å². The van der Waals surface area contributed by atoms with Gasteiger partial charge in [0.15, 0.2) is 0 Å². The summed E-state index contributed by atoms with van der Waals surface area (Å²) in [5, 5.41) is 0. The van der Waals surface area contributed by atoms with Gasteiger partial charge in [0.1, 0.15) is 0 Å². The van der Waals surface area contributed by atoms with Gasteiger partial charge < -0.3 is 17.8 Å². The van der Waals surface area contributed by atoms with Crippen molar-refractivity contribution in [1.82, 2.24) is 12.3 Å². The van der Waals surface area contributed by atoms with Crippen LogP contribution in [-0.2, 0) is 9.59 Å². The summed E-state index contributed by atoms with van der Waals surface area (Å²) in [6.45, 7) is 10.0. The maximum absolute atomic E-state index is 8.12. The molecule has 0 aromatic heterocycles. The van der Waals surface area contributed by atoms with E-state index in [4.69, 9.17) is 9.59 Å². The minimum atomic E-state index is 0. The van der Waals surface area contributed by atoms with E-state index in [1.807, 2.05) is 13.8 Å². The molecule has 0 atom stereocenters. The van der Waals surface area contributed by atoms with E-state index >= 15 is 0 Å². The molecule has 0 fully saturated rings. The predicted molar refractivity (Wildman–Crippen MR) is 48.0 cm³/mol. The van der Waals surface area contributed by atoms with Crippen LogP contribution in [0.15, 0.2) is 13.2 Å². The van der Waals surface area contributed by atoms with Crippen LogP contribution in [0.4, 0.5) is 0 Å². The number of hydrogen-bond acceptors (Lipinski definition) is 4. The first-order valence-electron chi connectivity index (χ1n) is 1.91. The van der Waals surface area contributed by atoms with Crippen molar-refractivity contribution in [1.29, 1.82) is 0 Å². The molecule has 0 rings (SSSR count). The van der Waals surface area contributed by atoms with Gasteiger partial charge in [-0.3, -0.25) is 0 Å². The topological polar surface area (TPSA) is 136 Å². The fraction of sp³-hybridized carbons (Fsp3) is 0.500. The van der Waals surface area contributed by atoms with E-state index in [0.29, 0.717) is 0 Å². The zero-order valence-corrected chi connectivity index (χ0v) is 7.71. The van der Waals surface area contributed by atoms with Gasteiger partial charge in [-0.2, -0.15) is 9.59 Å². The van der Waals surface area contributed by atoms with Gasteiger partial charge >= 0.3 is 6.15 Å². The van der Waals surface area contributed by atoms with Gasteiger partial charge in [-0.15, -0.1) is 13.2 Å². The SMILES string of the molecule is C.C=C.CC.N.N.O.O=C=O.[Ar]. The Morgan fingerprint density at radius 1 is 1.00 bits per heavy atom. The third kappa shape index (κ3) is 13000. The molecule has 0 aromatic carbocycles. The monoisotopic (exact) mass is 210 g/mol. The molecule has 0 aliphatic carbocycles. The Balaban J connectivity index is -0.00000000281. The molecule has 8 N–H and O–H groups in total. The summed E-state index contributed by atoms with van der Waals surface area (Å²) < 4.78 is 0. The Hall–Kier alpha value is 0.260. The largest absolute Gasteiger partial charge is 0.412 e. The number of carbonyl (C=O) groups excluding carboxylic acids is 2. The van der Waals surface area contributed by atoms with E-state index in [9.17, 15) is 0 Å². The van der Waals surface area contributed by atoms with Crippen LogP contribution in [0.1, 0.15) is 21.3 Å². The average molecular weight is 210 g/mol. The van der Waals surface area contributed by atoms with E-state index in [1.54, 1.807) is 0 Å². The van der Waals surface area contributed by atoms with Crippen molar-refractivity contribution in [3.8, 4) is 0 Å². The fourth-order valence-electron chi connectivity index (χ4n) is 0. The molecule has 0 aliphatic rings. The molecule has 0 aromatic rings. The summed E-state index contributed by atoms with van der Waals surface area (Å²) in [5.74, 6) is 0. The summed E-state index contributed by atoms with van der Waals surface area (Å²) in [6.07, 6.45) is 0.250. The van der Waals surface area contributed by atoms with Crippen molar-refractivity contribution in [3.63, 3.8) is 0 Å². The van der Waals surface area contributed by atoms with Crippen LogP contribution in [-0.4, -0.2) is 11.6 Å². The Morgan fingerprint density at radius 2 is 1.00 bits per heavy atom. The minimum absolute atomic E-state index is 0. The molecular formula is C6H22ArN2O3. The first-order valence-corrected chi connectivity index (χ1v) is 1.91. The maximum atomic E-state index is 8.12. The zero-order chi connectivity index (χ0) is 6.71. The zero-order valence-electron chi connectivity index (χ0n) is 7.00. The van der Waals surface area contributed by atoms with Gasteiger partial charge in [-0.1, -0.05) is 21.3 Å². The summed E-state index contributed by atoms with van der Waals surface area (Å²) in [7, 11) is 0. The van der Waals surface area contributed by atoms with Gasteiger partial charge in [-0.25, -0.2) is 0 Å². The minimum Gasteiger partial charge on any atom is -0.412 e. The molecular weight excluding hydrogens is 188 g/mol. The summed E-state index contributed by atoms with van der Waals surface area (Å²) >= 11 is 0. The Kier molecular flexibility index (Phi) is 5330. The third-order valence-electron chi connectivity index (χ3n) is 0. The van der Waals surface area contributed by atoms with Gasteiger partial charge in [0.25, 0.3) is 0 Å². The van der Waals surface area contributed by atoms with Crippen LogP contribution in [0.25, 0.3) is 0 Å². The van der Waals surface area contributed by atoms with Gasteiger partial charge in [0.2, 0.25) is 0 Å². The van der Waals surface area contributed by atoms with E-state index in [-0.39, 0.29) is 69.1 Å². The Bertz CT molecular complexity index is 50.1. The molecule has 12 heavy (non-hydrogen) atoms. The second kappa shape index (κ2) is 747. The van der Waals surface area contributed by atoms with Crippen LogP contribution >= 0.6 is 0 Å². The van der Waals surface area contributed by atoms with Crippen LogP contribution in [0.2, 0.25) is 0 Å². The average Bonchev–Trinajstić information content (AvgIpc) is 1.78. The van der Waals surface area contributed by atoms with E-state index in [2.05, 4.69) is 13.2 Å². The van der Waals surface area contributed by atoms with Crippen LogP contribution in [0.3, 0.4) is 0 Å². The van der Waals surface area contributed by atoms with Gasteiger partial charge in [0, 0.05) is 37.7 Å². The molecule has 0 aliphatic heterocycles. The second-order valence-corrected chi connectivity index (χ2v) is 0.0833. The Morgan fingerprint density at radius 3 is 1.00 bits per heavy atom. The molecule has 0 bridgehead atoms. The summed E-state index contributed by atoms with van der Waals surface area (Å²) in [4.78, 5) is 16.2. The van der Waals surface area contributed by atoms with Gasteiger partial charge in [-0.05, 0) is 0 Å².